The van der Waals surface area contributed by atoms with Crippen molar-refractivity contribution in [1.29, 1.82) is 5.41 Å². The summed E-state index contributed by atoms with van der Waals surface area (Å²) >= 11 is 0. The summed E-state index contributed by atoms with van der Waals surface area (Å²) in [6.45, 7) is 1.82. The van der Waals surface area contributed by atoms with E-state index in [9.17, 15) is 9.90 Å². The first-order chi connectivity index (χ1) is 6.15. The number of nitrogens with zero attached hydrogens (tertiary/aromatic N) is 1. The summed E-state index contributed by atoms with van der Waals surface area (Å²) in [5.41, 5.74) is 1.11. The zero-order chi connectivity index (χ0) is 9.84. The number of benzene rings is 1. The molecule has 13 heavy (non-hydrogen) atoms. The highest BCUT2D eigenvalue weighted by Crippen LogP contribution is 2.18. The molecule has 0 amide bonds. The third-order valence-electron chi connectivity index (χ3n) is 1.57. The molecular formula is C9H8N2O2. The maximum Gasteiger partial charge on any atom is 0.242 e. The van der Waals surface area contributed by atoms with E-state index in [1.807, 2.05) is 6.92 Å². The summed E-state index contributed by atoms with van der Waals surface area (Å²) in [5.74, 6) is -0.337. The van der Waals surface area contributed by atoms with E-state index in [2.05, 4.69) is 4.99 Å². The highest BCUT2D eigenvalue weighted by molar-refractivity contribution is 6.01. The van der Waals surface area contributed by atoms with Gasteiger partial charge in [-0.2, -0.15) is 0 Å². The fourth-order valence-electron chi connectivity index (χ4n) is 0.948. The molecule has 1 aromatic rings. The summed E-state index contributed by atoms with van der Waals surface area (Å²) in [4.78, 5) is 13.0. The number of phenolic OH excluding ortho intramolecular Hbond substituents is 1. The van der Waals surface area contributed by atoms with Gasteiger partial charge in [0.2, 0.25) is 6.08 Å². The third-order valence-corrected chi connectivity index (χ3v) is 1.57. The second-order valence-corrected chi connectivity index (χ2v) is 2.57. The van der Waals surface area contributed by atoms with Gasteiger partial charge in [0.25, 0.3) is 0 Å². The molecule has 0 saturated carbocycles. The molecule has 1 rings (SSSR count). The van der Waals surface area contributed by atoms with Crippen LogP contribution in [-0.2, 0) is 4.79 Å². The van der Waals surface area contributed by atoms with Crippen LogP contribution in [0.3, 0.4) is 0 Å². The number of hydrogen-bond acceptors (Lipinski definition) is 3. The van der Waals surface area contributed by atoms with Crippen molar-refractivity contribution < 1.29 is 9.90 Å². The predicted molar refractivity (Wildman–Crippen MR) is 47.8 cm³/mol. The minimum absolute atomic E-state index is 0.0519. The summed E-state index contributed by atoms with van der Waals surface area (Å²) in [5, 5.41) is 16.6. The normalized spacial score (nSPS) is 9.00. The Morgan fingerprint density at radius 2 is 2.31 bits per heavy atom. The molecule has 4 nitrogen and oxygen atoms in total. The van der Waals surface area contributed by atoms with Gasteiger partial charge in [-0.15, -0.1) is 4.99 Å². The van der Waals surface area contributed by atoms with Gasteiger partial charge in [-0.3, -0.25) is 5.41 Å². The van der Waals surface area contributed by atoms with E-state index in [0.717, 1.165) is 5.56 Å². The molecule has 0 atom stereocenters. The van der Waals surface area contributed by atoms with Gasteiger partial charge in [-0.1, -0.05) is 6.07 Å². The maximum atomic E-state index is 9.85. The molecule has 4 heteroatoms. The Bertz CT molecular complexity index is 393. The Morgan fingerprint density at radius 3 is 2.85 bits per heavy atom. The van der Waals surface area contributed by atoms with Crippen molar-refractivity contribution in [2.24, 2.45) is 4.99 Å². The lowest BCUT2D eigenvalue weighted by Crippen LogP contribution is -1.94. The molecule has 0 aromatic heterocycles. The highest BCUT2D eigenvalue weighted by atomic mass is 16.3. The highest BCUT2D eigenvalue weighted by Gasteiger charge is 2.05. The van der Waals surface area contributed by atoms with Gasteiger partial charge in [0.05, 0.1) is 5.56 Å². The van der Waals surface area contributed by atoms with Gasteiger partial charge < -0.3 is 5.11 Å². The molecular weight excluding hydrogens is 168 g/mol. The van der Waals surface area contributed by atoms with E-state index in [0.29, 0.717) is 0 Å². The third kappa shape index (κ3) is 2.01. The predicted octanol–water partition coefficient (Wildman–Crippen LogP) is 1.36. The van der Waals surface area contributed by atoms with Gasteiger partial charge in [0.15, 0.2) is 5.84 Å². The van der Waals surface area contributed by atoms with Gasteiger partial charge in [-0.25, -0.2) is 4.79 Å². The van der Waals surface area contributed by atoms with E-state index in [4.69, 9.17) is 5.41 Å². The van der Waals surface area contributed by atoms with Crippen LogP contribution in [0.2, 0.25) is 0 Å². The maximum absolute atomic E-state index is 9.85. The zero-order valence-electron chi connectivity index (χ0n) is 7.03. The van der Waals surface area contributed by atoms with Crippen molar-refractivity contribution in [2.45, 2.75) is 6.92 Å². The molecule has 0 saturated heterocycles. The van der Waals surface area contributed by atoms with E-state index in [1.165, 1.54) is 18.2 Å². The zero-order valence-corrected chi connectivity index (χ0v) is 7.03. The minimum atomic E-state index is -0.285. The Hall–Kier alpha value is -1.93. The van der Waals surface area contributed by atoms with Crippen LogP contribution < -0.4 is 0 Å². The van der Waals surface area contributed by atoms with Crippen LogP contribution >= 0.6 is 0 Å². The van der Waals surface area contributed by atoms with Crippen LogP contribution in [0.5, 0.6) is 5.75 Å². The average Bonchev–Trinajstić information content (AvgIpc) is 2.04. The van der Waals surface area contributed by atoms with E-state index < -0.39 is 0 Å². The number of phenols is 1. The first-order valence-electron chi connectivity index (χ1n) is 3.61. The largest absolute Gasteiger partial charge is 0.507 e. The molecule has 0 heterocycles. The van der Waals surface area contributed by atoms with Crippen molar-refractivity contribution in [3.8, 4) is 5.75 Å². The molecule has 0 bridgehead atoms. The second kappa shape index (κ2) is 3.65. The quantitative estimate of drug-likeness (QED) is 0.385. The van der Waals surface area contributed by atoms with E-state index >= 15 is 0 Å². The van der Waals surface area contributed by atoms with Gasteiger partial charge in [0, 0.05) is 0 Å². The number of aryl methyl sites for hydroxylation is 1. The summed E-state index contributed by atoms with van der Waals surface area (Å²) in [6.07, 6.45) is 1.25. The smallest absolute Gasteiger partial charge is 0.242 e. The topological polar surface area (TPSA) is 73.5 Å². The molecule has 66 valence electrons. The van der Waals surface area contributed by atoms with Crippen LogP contribution in [0, 0.1) is 12.3 Å². The van der Waals surface area contributed by atoms with Gasteiger partial charge in [-0.05, 0) is 24.6 Å². The van der Waals surface area contributed by atoms with E-state index in [1.54, 1.807) is 6.07 Å². The molecule has 0 radical (unpaired) electrons. The lowest BCUT2D eigenvalue weighted by Gasteiger charge is -2.01. The number of aromatic hydroxyl groups is 1. The van der Waals surface area contributed by atoms with E-state index in [-0.39, 0.29) is 17.1 Å². The van der Waals surface area contributed by atoms with Gasteiger partial charge >= 0.3 is 0 Å². The molecule has 0 aliphatic carbocycles. The fourth-order valence-corrected chi connectivity index (χ4v) is 0.948. The fraction of sp³-hybridized carbons (Fsp3) is 0.111. The van der Waals surface area contributed by atoms with Crippen LogP contribution in [-0.4, -0.2) is 17.0 Å². The van der Waals surface area contributed by atoms with Crippen molar-refractivity contribution >= 4 is 11.9 Å². The Kier molecular flexibility index (Phi) is 2.57. The van der Waals surface area contributed by atoms with Crippen LogP contribution in [0.1, 0.15) is 11.1 Å². The van der Waals surface area contributed by atoms with Crippen molar-refractivity contribution in [1.82, 2.24) is 0 Å². The summed E-state index contributed by atoms with van der Waals surface area (Å²) < 4.78 is 0. The summed E-state index contributed by atoms with van der Waals surface area (Å²) in [7, 11) is 0. The monoisotopic (exact) mass is 176 g/mol. The SMILES string of the molecule is Cc1ccc(C(=N)N=C=O)c(O)c1. The number of isocyanates is 1. The lowest BCUT2D eigenvalue weighted by atomic mass is 10.1. The number of hydrogen-bond donors (Lipinski definition) is 2. The summed E-state index contributed by atoms with van der Waals surface area (Å²) in [6, 6.07) is 4.77. The second-order valence-electron chi connectivity index (χ2n) is 2.57. The average molecular weight is 176 g/mol. The van der Waals surface area contributed by atoms with Crippen molar-refractivity contribution in [3.63, 3.8) is 0 Å². The van der Waals surface area contributed by atoms with Crippen molar-refractivity contribution in [2.75, 3.05) is 0 Å². The molecule has 0 unspecified atom stereocenters. The number of aliphatic imine (C=N–C) groups is 1. The Balaban J connectivity index is 3.16. The number of carbonyl (C=O) groups excluding carboxylic acids is 1. The van der Waals surface area contributed by atoms with Crippen LogP contribution in [0.4, 0.5) is 0 Å². The number of rotatable bonds is 1. The van der Waals surface area contributed by atoms with Crippen LogP contribution in [0.15, 0.2) is 23.2 Å². The first kappa shape index (κ1) is 9.16. The Labute approximate surface area is 75.1 Å². The standard InChI is InChI=1S/C9H8N2O2/c1-6-2-3-7(8(13)4-6)9(10)11-5-12/h2-4,10,13H,1H3. The van der Waals surface area contributed by atoms with Crippen LogP contribution in [0.25, 0.3) is 0 Å². The Morgan fingerprint density at radius 1 is 1.62 bits per heavy atom. The molecule has 0 aliphatic heterocycles. The molecule has 0 aliphatic rings. The number of amidine groups is 1. The van der Waals surface area contributed by atoms with Gasteiger partial charge in [0.1, 0.15) is 5.75 Å². The molecule has 0 spiro atoms. The number of nitrogens with one attached hydrogen (secondary N) is 1. The molecule has 2 N–H and O–H groups in total. The lowest BCUT2D eigenvalue weighted by molar-refractivity contribution is 0.473. The molecule has 1 aromatic carbocycles. The van der Waals surface area contributed by atoms with Crippen molar-refractivity contribution in [3.05, 3.63) is 29.3 Å². The first-order valence-corrected chi connectivity index (χ1v) is 3.61. The minimum Gasteiger partial charge on any atom is -0.507 e. The molecule has 0 fully saturated rings.